The van der Waals surface area contributed by atoms with E-state index in [-0.39, 0.29) is 17.5 Å². The summed E-state index contributed by atoms with van der Waals surface area (Å²) in [6.45, 7) is 0. The Morgan fingerprint density at radius 3 is 2.27 bits per heavy atom. The number of ether oxygens (including phenoxy) is 1. The van der Waals surface area contributed by atoms with Crippen molar-refractivity contribution < 1.29 is 22.7 Å². The Morgan fingerprint density at radius 2 is 1.52 bits per heavy atom. The minimum absolute atomic E-state index is 0.0239. The topological polar surface area (TPSA) is 50.4 Å². The lowest BCUT2D eigenvalue weighted by Gasteiger charge is -2.30. The highest BCUT2D eigenvalue weighted by atomic mass is 19.4. The Hall–Kier alpha value is -3.74. The van der Waals surface area contributed by atoms with Crippen LogP contribution in [0.4, 0.5) is 24.5 Å². The summed E-state index contributed by atoms with van der Waals surface area (Å²) in [5.41, 5.74) is 4.52. The second kappa shape index (κ2) is 8.31. The van der Waals surface area contributed by atoms with Crippen molar-refractivity contribution in [1.82, 2.24) is 0 Å². The molecule has 33 heavy (non-hydrogen) atoms. The normalized spacial score (nSPS) is 20.2. The van der Waals surface area contributed by atoms with E-state index in [0.717, 1.165) is 22.6 Å². The van der Waals surface area contributed by atoms with Gasteiger partial charge in [0.15, 0.2) is 5.78 Å². The van der Waals surface area contributed by atoms with E-state index in [0.29, 0.717) is 24.0 Å². The molecule has 1 aliphatic heterocycles. The zero-order valence-electron chi connectivity index (χ0n) is 17.5. The van der Waals surface area contributed by atoms with Crippen molar-refractivity contribution in [2.24, 2.45) is 0 Å². The van der Waals surface area contributed by atoms with Crippen LogP contribution in [0.25, 0.3) is 0 Å². The Morgan fingerprint density at radius 1 is 0.818 bits per heavy atom. The highest BCUT2D eigenvalue weighted by molar-refractivity contribution is 6.01. The van der Waals surface area contributed by atoms with Crippen molar-refractivity contribution in [2.75, 3.05) is 10.6 Å². The largest absolute Gasteiger partial charge is 0.573 e. The number of carbonyl (C=O) groups excluding carboxylic acids is 1. The third kappa shape index (κ3) is 4.44. The quantitative estimate of drug-likeness (QED) is 0.474. The van der Waals surface area contributed by atoms with Crippen LogP contribution in [0.3, 0.4) is 0 Å². The lowest BCUT2D eigenvalue weighted by atomic mass is 9.78. The molecule has 168 valence electrons. The molecular formula is C26H21F3N2O2. The van der Waals surface area contributed by atoms with Crippen LogP contribution in [0.15, 0.2) is 90.1 Å². The van der Waals surface area contributed by atoms with Crippen LogP contribution in [0.2, 0.25) is 0 Å². The van der Waals surface area contributed by atoms with Crippen molar-refractivity contribution in [3.05, 3.63) is 101 Å². The van der Waals surface area contributed by atoms with Gasteiger partial charge in [-0.15, -0.1) is 13.2 Å². The number of rotatable bonds is 3. The van der Waals surface area contributed by atoms with Crippen molar-refractivity contribution in [2.45, 2.75) is 31.2 Å². The van der Waals surface area contributed by atoms with Crippen LogP contribution >= 0.6 is 0 Å². The summed E-state index contributed by atoms with van der Waals surface area (Å²) >= 11 is 0. The van der Waals surface area contributed by atoms with Gasteiger partial charge in [-0.1, -0.05) is 54.6 Å². The standard InChI is InChI=1S/C26H21F3N2O2/c27-26(28,29)33-19-10-6-9-17(13-19)25-24-22(30-20-11-4-5-12-21(20)31-25)14-18(15-23(24)32)16-7-2-1-3-8-16/h1-13,18,25,30-31H,14-15H2/t18-,25-/m0/s1. The maximum Gasteiger partial charge on any atom is 0.573 e. The fourth-order valence-corrected chi connectivity index (χ4v) is 4.59. The maximum absolute atomic E-state index is 13.5. The molecule has 2 N–H and O–H groups in total. The highest BCUT2D eigenvalue weighted by Crippen LogP contribution is 2.44. The summed E-state index contributed by atoms with van der Waals surface area (Å²) in [5.74, 6) is -0.333. The molecule has 5 rings (SSSR count). The minimum Gasteiger partial charge on any atom is -0.406 e. The number of carbonyl (C=O) groups is 1. The summed E-state index contributed by atoms with van der Waals surface area (Å²) in [6, 6.07) is 22.6. The van der Waals surface area contributed by atoms with Crippen molar-refractivity contribution in [1.29, 1.82) is 0 Å². The average Bonchev–Trinajstić information content (AvgIpc) is 2.95. The van der Waals surface area contributed by atoms with E-state index in [1.807, 2.05) is 54.6 Å². The number of hydrogen-bond acceptors (Lipinski definition) is 4. The number of halogens is 3. The van der Waals surface area contributed by atoms with Gasteiger partial charge in [-0.3, -0.25) is 4.79 Å². The average molecular weight is 450 g/mol. The number of benzene rings is 3. The van der Waals surface area contributed by atoms with Gasteiger partial charge in [-0.25, -0.2) is 0 Å². The second-order valence-corrected chi connectivity index (χ2v) is 8.20. The van der Waals surface area contributed by atoms with Crippen molar-refractivity contribution in [3.8, 4) is 5.75 Å². The highest BCUT2D eigenvalue weighted by Gasteiger charge is 2.36. The van der Waals surface area contributed by atoms with E-state index >= 15 is 0 Å². The fourth-order valence-electron chi connectivity index (χ4n) is 4.59. The maximum atomic E-state index is 13.5. The predicted octanol–water partition coefficient (Wildman–Crippen LogP) is 6.56. The minimum atomic E-state index is -4.79. The number of ketones is 1. The van der Waals surface area contributed by atoms with Gasteiger partial charge in [0.1, 0.15) is 5.75 Å². The number of hydrogen-bond donors (Lipinski definition) is 2. The molecule has 0 saturated carbocycles. The van der Waals surface area contributed by atoms with Gasteiger partial charge in [0.05, 0.1) is 17.4 Å². The molecule has 2 aliphatic rings. The number of Topliss-reactive ketones (excluding diaryl/α,β-unsaturated/α-hetero) is 1. The summed E-state index contributed by atoms with van der Waals surface area (Å²) in [7, 11) is 0. The molecule has 0 spiro atoms. The van der Waals surface area contributed by atoms with E-state index in [1.54, 1.807) is 6.07 Å². The van der Waals surface area contributed by atoms with E-state index in [9.17, 15) is 18.0 Å². The zero-order chi connectivity index (χ0) is 23.0. The molecule has 3 aromatic carbocycles. The van der Waals surface area contributed by atoms with Crippen LogP contribution in [0, 0.1) is 0 Å². The van der Waals surface area contributed by atoms with Crippen LogP contribution < -0.4 is 15.4 Å². The van der Waals surface area contributed by atoms with Gasteiger partial charge in [0.2, 0.25) is 0 Å². The Labute approximate surface area is 189 Å². The molecule has 3 aromatic rings. The SMILES string of the molecule is O=C1C[C@@H](c2ccccc2)CC2=C1[C@H](c1cccc(OC(F)(F)F)c1)Nc1ccccc1N2. The molecular weight excluding hydrogens is 429 g/mol. The van der Waals surface area contributed by atoms with Gasteiger partial charge in [0.25, 0.3) is 0 Å². The smallest absolute Gasteiger partial charge is 0.406 e. The molecule has 2 atom stereocenters. The Balaban J connectivity index is 1.58. The lowest BCUT2D eigenvalue weighted by molar-refractivity contribution is -0.274. The molecule has 0 radical (unpaired) electrons. The second-order valence-electron chi connectivity index (χ2n) is 8.20. The molecule has 1 heterocycles. The first kappa shape index (κ1) is 21.1. The molecule has 0 bridgehead atoms. The fraction of sp³-hybridized carbons (Fsp3) is 0.192. The Bertz CT molecular complexity index is 1220. The number of para-hydroxylation sites is 2. The van der Waals surface area contributed by atoms with Crippen molar-refractivity contribution in [3.63, 3.8) is 0 Å². The van der Waals surface area contributed by atoms with Crippen LogP contribution in [-0.2, 0) is 4.79 Å². The first-order valence-electron chi connectivity index (χ1n) is 10.7. The number of allylic oxidation sites excluding steroid dienone is 1. The summed E-state index contributed by atoms with van der Waals surface area (Å²) in [4.78, 5) is 13.5. The predicted molar refractivity (Wildman–Crippen MR) is 120 cm³/mol. The lowest BCUT2D eigenvalue weighted by Crippen LogP contribution is -2.27. The molecule has 0 saturated heterocycles. The molecule has 4 nitrogen and oxygen atoms in total. The number of alkyl halides is 3. The third-order valence-electron chi connectivity index (χ3n) is 6.00. The molecule has 7 heteroatoms. The van der Waals surface area contributed by atoms with Gasteiger partial charge < -0.3 is 15.4 Å². The van der Waals surface area contributed by atoms with Crippen LogP contribution in [0.5, 0.6) is 5.75 Å². The number of fused-ring (bicyclic) bond motifs is 1. The first-order valence-corrected chi connectivity index (χ1v) is 10.7. The monoisotopic (exact) mass is 450 g/mol. The van der Waals surface area contributed by atoms with Crippen LogP contribution in [-0.4, -0.2) is 12.1 Å². The van der Waals surface area contributed by atoms with Gasteiger partial charge in [-0.05, 0) is 47.7 Å². The number of anilines is 2. The molecule has 0 aromatic heterocycles. The van der Waals surface area contributed by atoms with E-state index in [2.05, 4.69) is 15.4 Å². The van der Waals surface area contributed by atoms with Gasteiger partial charge in [0, 0.05) is 17.7 Å². The molecule has 1 aliphatic carbocycles. The summed E-state index contributed by atoms with van der Waals surface area (Å²) in [5, 5.41) is 6.80. The molecule has 0 unspecified atom stereocenters. The third-order valence-corrected chi connectivity index (χ3v) is 6.00. The molecule has 0 fully saturated rings. The first-order chi connectivity index (χ1) is 15.9. The summed E-state index contributed by atoms with van der Waals surface area (Å²) < 4.78 is 42.5. The van der Waals surface area contributed by atoms with Crippen LogP contribution in [0.1, 0.15) is 35.9 Å². The van der Waals surface area contributed by atoms with E-state index in [1.165, 1.54) is 18.2 Å². The summed E-state index contributed by atoms with van der Waals surface area (Å²) in [6.07, 6.45) is -3.84. The zero-order valence-corrected chi connectivity index (χ0v) is 17.5. The van der Waals surface area contributed by atoms with E-state index < -0.39 is 12.4 Å². The number of nitrogens with one attached hydrogen (secondary N) is 2. The van der Waals surface area contributed by atoms with Crippen molar-refractivity contribution >= 4 is 17.2 Å². The molecule has 0 amide bonds. The van der Waals surface area contributed by atoms with Gasteiger partial charge >= 0.3 is 6.36 Å². The van der Waals surface area contributed by atoms with E-state index in [4.69, 9.17) is 0 Å². The Kier molecular flexibility index (Phi) is 5.32. The van der Waals surface area contributed by atoms with Gasteiger partial charge in [-0.2, -0.15) is 0 Å².